The van der Waals surface area contributed by atoms with Gasteiger partial charge < -0.3 is 4.84 Å². The topological polar surface area (TPSA) is 62.5 Å². The van der Waals surface area contributed by atoms with E-state index in [9.17, 15) is 4.79 Å². The Labute approximate surface area is 108 Å². The maximum absolute atomic E-state index is 11.2. The van der Waals surface area contributed by atoms with Crippen LogP contribution in [0.15, 0.2) is 35.5 Å². The van der Waals surface area contributed by atoms with Crippen LogP contribution >= 0.6 is 0 Å². The highest BCUT2D eigenvalue weighted by atomic mass is 16.6. The lowest BCUT2D eigenvalue weighted by molar-refractivity contribution is -0.112. The Balaban J connectivity index is 2.50. The van der Waals surface area contributed by atoms with E-state index < -0.39 is 5.91 Å². The monoisotopic (exact) mass is 247 g/mol. The highest BCUT2D eigenvalue weighted by molar-refractivity contribution is 6.44. The molecule has 0 aromatic heterocycles. The zero-order valence-corrected chi connectivity index (χ0v) is 10.7. The molecule has 0 unspecified atom stereocenters. The second-order valence-corrected chi connectivity index (χ2v) is 4.03. The van der Waals surface area contributed by atoms with E-state index in [2.05, 4.69) is 12.1 Å². The number of carbonyl (C=O) groups excluding carboxylic acids is 1. The number of rotatable bonds is 8. The first-order chi connectivity index (χ1) is 8.75. The molecule has 0 aliphatic carbocycles. The van der Waals surface area contributed by atoms with Crippen molar-refractivity contribution in [2.45, 2.75) is 32.6 Å². The van der Waals surface area contributed by atoms with E-state index in [1.54, 1.807) is 24.3 Å². The predicted octanol–water partition coefficient (Wildman–Crippen LogP) is 2.80. The van der Waals surface area contributed by atoms with Crippen LogP contribution in [-0.2, 0) is 9.63 Å². The van der Waals surface area contributed by atoms with Gasteiger partial charge >= 0.3 is 0 Å². The fourth-order valence-corrected chi connectivity index (χ4v) is 1.52. The van der Waals surface area contributed by atoms with E-state index in [4.69, 9.17) is 10.6 Å². The molecule has 0 fully saturated rings. The van der Waals surface area contributed by atoms with Gasteiger partial charge in [0, 0.05) is 5.56 Å². The third kappa shape index (κ3) is 4.99. The van der Waals surface area contributed by atoms with Gasteiger partial charge in [-0.2, -0.15) is 0 Å². The third-order valence-electron chi connectivity index (χ3n) is 2.51. The number of carbonyl (C=O) groups is 1. The summed E-state index contributed by atoms with van der Waals surface area (Å²) in [6, 6.07) is 8.93. The number of hydrogen-bond donors (Lipinski definition) is 0. The van der Waals surface area contributed by atoms with Crippen LogP contribution in [0.4, 0.5) is 0 Å². The van der Waals surface area contributed by atoms with Crippen LogP contribution < -0.4 is 5.73 Å². The molecule has 97 valence electrons. The van der Waals surface area contributed by atoms with Gasteiger partial charge in [0.15, 0.2) is 5.71 Å². The molecule has 0 saturated heterocycles. The standard InChI is InChI=1S/C14H19N2O2/c1-2-3-4-8-11-18-16-13(14(15)17)12-9-6-5-7-10-12/h5-7,9-10,15H,2-4,8,11H2,1H3/b16-13-. The van der Waals surface area contributed by atoms with E-state index in [0.717, 1.165) is 12.8 Å². The smallest absolute Gasteiger partial charge is 0.292 e. The minimum absolute atomic E-state index is 0.0612. The largest absolute Gasteiger partial charge is 0.395 e. The van der Waals surface area contributed by atoms with Crippen molar-refractivity contribution in [1.82, 2.24) is 5.73 Å². The van der Waals surface area contributed by atoms with Gasteiger partial charge in [0.1, 0.15) is 6.61 Å². The van der Waals surface area contributed by atoms with Crippen LogP contribution in [0.1, 0.15) is 38.2 Å². The number of oxime groups is 1. The maximum Gasteiger partial charge on any atom is 0.292 e. The summed E-state index contributed by atoms with van der Waals surface area (Å²) in [5, 5.41) is 3.77. The molecule has 0 saturated carbocycles. The highest BCUT2D eigenvalue weighted by Crippen LogP contribution is 2.03. The number of amides is 1. The van der Waals surface area contributed by atoms with Gasteiger partial charge in [0.2, 0.25) is 0 Å². The Kier molecular flexibility index (Phi) is 6.54. The summed E-state index contributed by atoms with van der Waals surface area (Å²) in [6.45, 7) is 2.63. The summed E-state index contributed by atoms with van der Waals surface area (Å²) in [5.74, 6) is -0.824. The summed E-state index contributed by atoms with van der Waals surface area (Å²) in [4.78, 5) is 16.3. The van der Waals surface area contributed by atoms with Gasteiger partial charge in [0.25, 0.3) is 5.91 Å². The number of hydrogen-bond acceptors (Lipinski definition) is 3. The molecule has 18 heavy (non-hydrogen) atoms. The molecule has 4 heteroatoms. The molecule has 1 rings (SSSR count). The molecule has 1 N–H and O–H groups in total. The first-order valence-electron chi connectivity index (χ1n) is 6.27. The number of nitrogens with zero attached hydrogens (tertiary/aromatic N) is 1. The summed E-state index contributed by atoms with van der Waals surface area (Å²) < 4.78 is 0. The fraction of sp³-hybridized carbons (Fsp3) is 0.429. The Morgan fingerprint density at radius 1 is 1.22 bits per heavy atom. The Morgan fingerprint density at radius 3 is 2.56 bits per heavy atom. The maximum atomic E-state index is 11.2. The van der Waals surface area contributed by atoms with Crippen LogP contribution in [-0.4, -0.2) is 18.2 Å². The molecular weight excluding hydrogens is 228 g/mol. The van der Waals surface area contributed by atoms with Crippen molar-refractivity contribution in [1.29, 1.82) is 0 Å². The van der Waals surface area contributed by atoms with Gasteiger partial charge in [-0.05, 0) is 12.8 Å². The van der Waals surface area contributed by atoms with Crippen molar-refractivity contribution in [3.63, 3.8) is 0 Å². The number of unbranched alkanes of at least 4 members (excludes halogenated alkanes) is 3. The Hall–Kier alpha value is -1.84. The van der Waals surface area contributed by atoms with Crippen LogP contribution in [0.2, 0.25) is 0 Å². The second-order valence-electron chi connectivity index (χ2n) is 4.03. The third-order valence-corrected chi connectivity index (χ3v) is 2.51. The molecule has 1 radical (unpaired) electrons. The molecular formula is C14H19N2O2. The molecule has 1 aromatic carbocycles. The minimum Gasteiger partial charge on any atom is -0.395 e. The normalized spacial score (nSPS) is 11.3. The van der Waals surface area contributed by atoms with E-state index in [-0.39, 0.29) is 5.71 Å². The van der Waals surface area contributed by atoms with Gasteiger partial charge in [-0.15, -0.1) is 0 Å². The van der Waals surface area contributed by atoms with Crippen LogP contribution in [0.25, 0.3) is 0 Å². The second kappa shape index (κ2) is 8.28. The summed E-state index contributed by atoms with van der Waals surface area (Å²) in [6.07, 6.45) is 4.37. The number of benzene rings is 1. The molecule has 1 amide bonds. The molecule has 0 aliphatic heterocycles. The predicted molar refractivity (Wildman–Crippen MR) is 71.2 cm³/mol. The molecule has 0 atom stereocenters. The molecule has 0 aliphatic rings. The van der Waals surface area contributed by atoms with Gasteiger partial charge in [-0.3, -0.25) is 10.5 Å². The van der Waals surface area contributed by atoms with E-state index in [0.29, 0.717) is 12.2 Å². The lowest BCUT2D eigenvalue weighted by Crippen LogP contribution is -2.16. The van der Waals surface area contributed by atoms with Crippen LogP contribution in [0.3, 0.4) is 0 Å². The fourth-order valence-electron chi connectivity index (χ4n) is 1.52. The highest BCUT2D eigenvalue weighted by Gasteiger charge is 2.11. The SMILES string of the molecule is CCCCCCO/N=C(\C([NH])=O)c1ccccc1. The van der Waals surface area contributed by atoms with Crippen molar-refractivity contribution >= 4 is 11.6 Å². The Bertz CT molecular complexity index is 388. The van der Waals surface area contributed by atoms with Gasteiger partial charge in [-0.25, -0.2) is 0 Å². The van der Waals surface area contributed by atoms with Crippen LogP contribution in [0, 0.1) is 0 Å². The van der Waals surface area contributed by atoms with E-state index in [1.165, 1.54) is 12.8 Å². The van der Waals surface area contributed by atoms with Crippen LogP contribution in [0.5, 0.6) is 0 Å². The lowest BCUT2D eigenvalue weighted by Gasteiger charge is -2.03. The average molecular weight is 247 g/mol. The summed E-state index contributed by atoms with van der Waals surface area (Å²) in [7, 11) is 0. The van der Waals surface area contributed by atoms with Crippen molar-refractivity contribution in [2.75, 3.05) is 6.61 Å². The Morgan fingerprint density at radius 2 is 1.94 bits per heavy atom. The van der Waals surface area contributed by atoms with Crippen molar-refractivity contribution in [3.8, 4) is 0 Å². The van der Waals surface area contributed by atoms with Crippen molar-refractivity contribution < 1.29 is 9.63 Å². The molecule has 4 nitrogen and oxygen atoms in total. The first-order valence-corrected chi connectivity index (χ1v) is 6.27. The van der Waals surface area contributed by atoms with Gasteiger partial charge in [0.05, 0.1) is 0 Å². The van der Waals surface area contributed by atoms with Gasteiger partial charge in [-0.1, -0.05) is 55.3 Å². The zero-order chi connectivity index (χ0) is 13.2. The molecule has 0 bridgehead atoms. The first kappa shape index (κ1) is 14.2. The number of nitrogens with one attached hydrogen (secondary N) is 1. The van der Waals surface area contributed by atoms with E-state index in [1.807, 2.05) is 6.07 Å². The molecule has 0 heterocycles. The zero-order valence-electron chi connectivity index (χ0n) is 10.7. The quantitative estimate of drug-likeness (QED) is 0.403. The van der Waals surface area contributed by atoms with Crippen molar-refractivity contribution in [3.05, 3.63) is 35.9 Å². The molecule has 0 spiro atoms. The minimum atomic E-state index is -0.824. The van der Waals surface area contributed by atoms with Crippen molar-refractivity contribution in [2.24, 2.45) is 5.16 Å². The summed E-state index contributed by atoms with van der Waals surface area (Å²) >= 11 is 0. The average Bonchev–Trinajstić information content (AvgIpc) is 2.38. The molecule has 1 aromatic rings. The lowest BCUT2D eigenvalue weighted by atomic mass is 10.1. The van der Waals surface area contributed by atoms with E-state index >= 15 is 0 Å². The summed E-state index contributed by atoms with van der Waals surface area (Å²) in [5.41, 5.74) is 7.85.